The van der Waals surface area contributed by atoms with Gasteiger partial charge in [-0.2, -0.15) is 0 Å². The summed E-state index contributed by atoms with van der Waals surface area (Å²) in [6.07, 6.45) is 1.20. The number of piperazine rings is 1. The Bertz CT molecular complexity index is 381. The number of nitrogens with zero attached hydrogens (tertiary/aromatic N) is 2. The van der Waals surface area contributed by atoms with E-state index in [1.807, 2.05) is 0 Å². The molecule has 1 aliphatic rings. The van der Waals surface area contributed by atoms with Gasteiger partial charge in [-0.05, 0) is 25.0 Å². The molecule has 1 aromatic heterocycles. The molecule has 20 heavy (non-hydrogen) atoms. The molecule has 0 spiro atoms. The largest absolute Gasteiger partial charge is 0.314 e. The molecule has 5 heteroatoms. The number of aromatic nitrogens is 1. The number of nitrogens with one attached hydrogen (secondary N) is 1. The van der Waals surface area contributed by atoms with Gasteiger partial charge in [0.2, 0.25) is 0 Å². The molecule has 0 saturated carbocycles. The molecule has 0 aromatic carbocycles. The van der Waals surface area contributed by atoms with E-state index in [1.165, 1.54) is 12.1 Å². The van der Waals surface area contributed by atoms with Crippen LogP contribution in [0.2, 0.25) is 0 Å². The Hall–Kier alpha value is -0.350. The minimum absolute atomic E-state index is 0. The lowest BCUT2D eigenvalue weighted by molar-refractivity contribution is 0.125. The third-order valence-electron chi connectivity index (χ3n) is 3.94. The lowest BCUT2D eigenvalue weighted by Crippen LogP contribution is -2.46. The van der Waals surface area contributed by atoms with Gasteiger partial charge in [-0.15, -0.1) is 24.8 Å². The summed E-state index contributed by atoms with van der Waals surface area (Å²) in [5.74, 6) is 0.650. The minimum Gasteiger partial charge on any atom is -0.314 e. The van der Waals surface area contributed by atoms with Crippen LogP contribution in [0.3, 0.4) is 0 Å². The lowest BCUT2D eigenvalue weighted by Gasteiger charge is -2.37. The third-order valence-corrected chi connectivity index (χ3v) is 3.94. The third kappa shape index (κ3) is 4.88. The fourth-order valence-corrected chi connectivity index (χ4v) is 2.75. The van der Waals surface area contributed by atoms with Crippen LogP contribution >= 0.6 is 24.8 Å². The highest BCUT2D eigenvalue weighted by Gasteiger charge is 2.27. The monoisotopic (exact) mass is 319 g/mol. The Labute approximate surface area is 135 Å². The van der Waals surface area contributed by atoms with E-state index in [0.29, 0.717) is 12.0 Å². The molecule has 1 N–H and O–H groups in total. The Kier molecular flexibility index (Phi) is 9.39. The van der Waals surface area contributed by atoms with Crippen LogP contribution in [0.15, 0.2) is 18.2 Å². The molecule has 3 nitrogen and oxygen atoms in total. The lowest BCUT2D eigenvalue weighted by atomic mass is 9.93. The zero-order valence-corrected chi connectivity index (χ0v) is 14.3. The predicted molar refractivity (Wildman–Crippen MR) is 90.1 cm³/mol. The second kappa shape index (κ2) is 9.56. The van der Waals surface area contributed by atoms with Gasteiger partial charge in [0.25, 0.3) is 0 Å². The maximum absolute atomic E-state index is 4.76. The maximum Gasteiger partial charge on any atom is 0.0581 e. The standard InChI is InChI=1S/C15H25N3.2ClH/c1-4-12(2)15(18-10-8-16-9-11-18)14-7-5-6-13(3)17-14;;/h5-7,12,15-16H,4,8-11H2,1-3H3;2*1H/t12?,15-;;/m1../s1. The van der Waals surface area contributed by atoms with E-state index in [0.717, 1.165) is 31.9 Å². The fraction of sp³-hybridized carbons (Fsp3) is 0.667. The van der Waals surface area contributed by atoms with Crippen molar-refractivity contribution in [1.82, 2.24) is 15.2 Å². The minimum atomic E-state index is 0. The van der Waals surface area contributed by atoms with Crippen LogP contribution in [0.1, 0.15) is 37.7 Å². The smallest absolute Gasteiger partial charge is 0.0581 e. The van der Waals surface area contributed by atoms with Crippen molar-refractivity contribution in [3.05, 3.63) is 29.6 Å². The number of rotatable bonds is 4. The van der Waals surface area contributed by atoms with Crippen molar-refractivity contribution in [1.29, 1.82) is 0 Å². The number of halogens is 2. The number of aryl methyl sites for hydroxylation is 1. The molecule has 116 valence electrons. The van der Waals surface area contributed by atoms with Gasteiger partial charge in [0.05, 0.1) is 11.7 Å². The van der Waals surface area contributed by atoms with Gasteiger partial charge in [-0.1, -0.05) is 26.3 Å². The number of pyridine rings is 1. The Morgan fingerprint density at radius 3 is 2.45 bits per heavy atom. The molecule has 0 radical (unpaired) electrons. The van der Waals surface area contributed by atoms with Crippen LogP contribution in [0.4, 0.5) is 0 Å². The Morgan fingerprint density at radius 1 is 1.25 bits per heavy atom. The molecule has 0 amide bonds. The molecule has 1 unspecified atom stereocenters. The van der Waals surface area contributed by atoms with E-state index in [9.17, 15) is 0 Å². The summed E-state index contributed by atoms with van der Waals surface area (Å²) in [5, 5.41) is 3.43. The van der Waals surface area contributed by atoms with E-state index in [2.05, 4.69) is 49.2 Å². The van der Waals surface area contributed by atoms with Crippen LogP contribution in [0.25, 0.3) is 0 Å². The van der Waals surface area contributed by atoms with Crippen molar-refractivity contribution in [2.45, 2.75) is 33.2 Å². The first kappa shape index (κ1) is 19.7. The van der Waals surface area contributed by atoms with Crippen LogP contribution in [0, 0.1) is 12.8 Å². The molecule has 2 heterocycles. The van der Waals surface area contributed by atoms with Gasteiger partial charge in [0.1, 0.15) is 0 Å². The molecule has 1 aliphatic heterocycles. The summed E-state index contributed by atoms with van der Waals surface area (Å²) in [4.78, 5) is 7.35. The van der Waals surface area contributed by atoms with Gasteiger partial charge in [0, 0.05) is 31.9 Å². The summed E-state index contributed by atoms with van der Waals surface area (Å²) < 4.78 is 0. The van der Waals surface area contributed by atoms with Crippen molar-refractivity contribution in [3.63, 3.8) is 0 Å². The van der Waals surface area contributed by atoms with Crippen LogP contribution in [0.5, 0.6) is 0 Å². The zero-order chi connectivity index (χ0) is 13.0. The first-order valence-corrected chi connectivity index (χ1v) is 7.10. The SMILES string of the molecule is CCC(C)[C@H](c1cccc(C)n1)N1CCNCC1.Cl.Cl. The molecule has 1 saturated heterocycles. The van der Waals surface area contributed by atoms with E-state index >= 15 is 0 Å². The Balaban J connectivity index is 0.00000180. The van der Waals surface area contributed by atoms with Crippen molar-refractivity contribution in [3.8, 4) is 0 Å². The van der Waals surface area contributed by atoms with E-state index < -0.39 is 0 Å². The van der Waals surface area contributed by atoms with Gasteiger partial charge >= 0.3 is 0 Å². The molecule has 0 bridgehead atoms. The summed E-state index contributed by atoms with van der Waals surface area (Å²) >= 11 is 0. The first-order valence-electron chi connectivity index (χ1n) is 7.10. The average Bonchev–Trinajstić information content (AvgIpc) is 2.40. The fourth-order valence-electron chi connectivity index (χ4n) is 2.75. The first-order chi connectivity index (χ1) is 8.72. The maximum atomic E-state index is 4.76. The van der Waals surface area contributed by atoms with Crippen molar-refractivity contribution < 1.29 is 0 Å². The van der Waals surface area contributed by atoms with E-state index in [-0.39, 0.29) is 24.8 Å². The van der Waals surface area contributed by atoms with Crippen LogP contribution < -0.4 is 5.32 Å². The highest BCUT2D eigenvalue weighted by Crippen LogP contribution is 2.29. The predicted octanol–water partition coefficient (Wildman–Crippen LogP) is 3.23. The summed E-state index contributed by atoms with van der Waals surface area (Å²) in [6.45, 7) is 11.1. The normalized spacial score (nSPS) is 18.6. The molecule has 0 aliphatic carbocycles. The summed E-state index contributed by atoms with van der Waals surface area (Å²) in [7, 11) is 0. The van der Waals surface area contributed by atoms with Crippen molar-refractivity contribution in [2.75, 3.05) is 26.2 Å². The molecular weight excluding hydrogens is 293 g/mol. The number of hydrogen-bond donors (Lipinski definition) is 1. The van der Waals surface area contributed by atoms with Gasteiger partial charge < -0.3 is 5.32 Å². The summed E-state index contributed by atoms with van der Waals surface area (Å²) in [6, 6.07) is 6.87. The highest BCUT2D eigenvalue weighted by atomic mass is 35.5. The molecule has 1 aromatic rings. The quantitative estimate of drug-likeness (QED) is 0.923. The zero-order valence-electron chi connectivity index (χ0n) is 12.6. The van der Waals surface area contributed by atoms with E-state index in [4.69, 9.17) is 4.98 Å². The van der Waals surface area contributed by atoms with Gasteiger partial charge in [0.15, 0.2) is 0 Å². The molecule has 2 atom stereocenters. The van der Waals surface area contributed by atoms with E-state index in [1.54, 1.807) is 0 Å². The second-order valence-electron chi connectivity index (χ2n) is 5.32. The van der Waals surface area contributed by atoms with Gasteiger partial charge in [-0.25, -0.2) is 0 Å². The van der Waals surface area contributed by atoms with Crippen molar-refractivity contribution >= 4 is 24.8 Å². The second-order valence-corrected chi connectivity index (χ2v) is 5.32. The Morgan fingerprint density at radius 2 is 1.90 bits per heavy atom. The molecule has 1 fully saturated rings. The van der Waals surface area contributed by atoms with Crippen LogP contribution in [-0.2, 0) is 0 Å². The highest BCUT2D eigenvalue weighted by molar-refractivity contribution is 5.85. The number of hydrogen-bond acceptors (Lipinski definition) is 3. The summed E-state index contributed by atoms with van der Waals surface area (Å²) in [5.41, 5.74) is 2.36. The molecular formula is C15H27Cl2N3. The topological polar surface area (TPSA) is 28.2 Å². The average molecular weight is 320 g/mol. The van der Waals surface area contributed by atoms with Gasteiger partial charge in [-0.3, -0.25) is 9.88 Å². The van der Waals surface area contributed by atoms with Crippen LogP contribution in [-0.4, -0.2) is 36.1 Å². The van der Waals surface area contributed by atoms with Crippen molar-refractivity contribution in [2.24, 2.45) is 5.92 Å². The molecule has 2 rings (SSSR count).